The number of pyridine rings is 2. The van der Waals surface area contributed by atoms with E-state index in [1.807, 2.05) is 30.7 Å². The summed E-state index contributed by atoms with van der Waals surface area (Å²) in [6, 6.07) is 19.1. The van der Waals surface area contributed by atoms with Crippen LogP contribution in [-0.4, -0.2) is 9.97 Å². The predicted molar refractivity (Wildman–Crippen MR) is 95.1 cm³/mol. The molecule has 0 bridgehead atoms. The highest BCUT2D eigenvalue weighted by molar-refractivity contribution is 5.96. The molecule has 0 aliphatic rings. The van der Waals surface area contributed by atoms with Gasteiger partial charge in [-0.15, -0.1) is 0 Å². The average molecular weight is 296 g/mol. The predicted octanol–water partition coefficient (Wildman–Crippen LogP) is 5.27. The molecular formula is C21H16N2. The zero-order chi connectivity index (χ0) is 15.6. The Kier molecular flexibility index (Phi) is 3.35. The first-order chi connectivity index (χ1) is 11.3. The van der Waals surface area contributed by atoms with E-state index >= 15 is 0 Å². The van der Waals surface area contributed by atoms with Gasteiger partial charge in [0.25, 0.3) is 0 Å². The summed E-state index contributed by atoms with van der Waals surface area (Å²) >= 11 is 0. The fourth-order valence-electron chi connectivity index (χ4n) is 2.99. The lowest BCUT2D eigenvalue weighted by Gasteiger charge is -2.10. The Bertz CT molecular complexity index is 970. The summed E-state index contributed by atoms with van der Waals surface area (Å²) in [5.74, 6) is 0. The molecule has 2 aromatic carbocycles. The Morgan fingerprint density at radius 3 is 2.43 bits per heavy atom. The van der Waals surface area contributed by atoms with Gasteiger partial charge in [-0.3, -0.25) is 9.97 Å². The standard InChI is InChI=1S/C21H16N2/c1-15-9-18(16-6-4-8-22-12-16)11-19(10-15)21-14-23-13-17-5-2-3-7-20(17)21/h2-14H,1H3. The Hall–Kier alpha value is -3.00. The second-order valence-corrected chi connectivity index (χ2v) is 5.74. The smallest absolute Gasteiger partial charge is 0.0352 e. The molecule has 0 radical (unpaired) electrons. The van der Waals surface area contributed by atoms with Crippen LogP contribution in [0.5, 0.6) is 0 Å². The summed E-state index contributed by atoms with van der Waals surface area (Å²) < 4.78 is 0. The molecule has 0 saturated carbocycles. The highest BCUT2D eigenvalue weighted by Gasteiger charge is 2.07. The van der Waals surface area contributed by atoms with Crippen molar-refractivity contribution in [2.45, 2.75) is 6.92 Å². The van der Waals surface area contributed by atoms with Crippen molar-refractivity contribution in [1.82, 2.24) is 9.97 Å². The van der Waals surface area contributed by atoms with Crippen LogP contribution in [0.15, 0.2) is 79.4 Å². The number of aryl methyl sites for hydroxylation is 1. The molecule has 2 heterocycles. The summed E-state index contributed by atoms with van der Waals surface area (Å²) in [5, 5.41) is 2.39. The van der Waals surface area contributed by atoms with E-state index in [4.69, 9.17) is 0 Å². The van der Waals surface area contributed by atoms with Crippen molar-refractivity contribution in [2.24, 2.45) is 0 Å². The van der Waals surface area contributed by atoms with Gasteiger partial charge in [0.15, 0.2) is 0 Å². The van der Waals surface area contributed by atoms with E-state index in [2.05, 4.69) is 59.4 Å². The van der Waals surface area contributed by atoms with Gasteiger partial charge in [0, 0.05) is 41.3 Å². The van der Waals surface area contributed by atoms with E-state index in [9.17, 15) is 0 Å². The Morgan fingerprint density at radius 2 is 1.57 bits per heavy atom. The molecule has 110 valence electrons. The van der Waals surface area contributed by atoms with Crippen LogP contribution < -0.4 is 0 Å². The van der Waals surface area contributed by atoms with E-state index in [-0.39, 0.29) is 0 Å². The van der Waals surface area contributed by atoms with Crippen LogP contribution in [0.3, 0.4) is 0 Å². The van der Waals surface area contributed by atoms with Gasteiger partial charge in [0.05, 0.1) is 0 Å². The lowest BCUT2D eigenvalue weighted by atomic mass is 9.95. The van der Waals surface area contributed by atoms with E-state index in [0.717, 1.165) is 16.5 Å². The van der Waals surface area contributed by atoms with Crippen molar-refractivity contribution >= 4 is 10.8 Å². The number of fused-ring (bicyclic) bond motifs is 1. The van der Waals surface area contributed by atoms with E-state index in [1.54, 1.807) is 6.20 Å². The molecule has 0 unspecified atom stereocenters. The molecule has 0 aliphatic heterocycles. The highest BCUT2D eigenvalue weighted by atomic mass is 14.6. The molecule has 0 aliphatic carbocycles. The van der Waals surface area contributed by atoms with Gasteiger partial charge < -0.3 is 0 Å². The van der Waals surface area contributed by atoms with Gasteiger partial charge in [0.1, 0.15) is 0 Å². The summed E-state index contributed by atoms with van der Waals surface area (Å²) in [4.78, 5) is 8.64. The molecule has 23 heavy (non-hydrogen) atoms. The largest absolute Gasteiger partial charge is 0.264 e. The molecule has 2 aromatic heterocycles. The Morgan fingerprint density at radius 1 is 0.696 bits per heavy atom. The topological polar surface area (TPSA) is 25.8 Å². The monoisotopic (exact) mass is 296 g/mol. The second-order valence-electron chi connectivity index (χ2n) is 5.74. The summed E-state index contributed by atoms with van der Waals surface area (Å²) in [5.41, 5.74) is 5.89. The van der Waals surface area contributed by atoms with E-state index < -0.39 is 0 Å². The number of nitrogens with zero attached hydrogens (tertiary/aromatic N) is 2. The van der Waals surface area contributed by atoms with Gasteiger partial charge in [-0.2, -0.15) is 0 Å². The van der Waals surface area contributed by atoms with Crippen molar-refractivity contribution in [1.29, 1.82) is 0 Å². The SMILES string of the molecule is Cc1cc(-c2cccnc2)cc(-c2cncc3ccccc23)c1. The van der Waals surface area contributed by atoms with Crippen LogP contribution in [0.2, 0.25) is 0 Å². The first-order valence-corrected chi connectivity index (χ1v) is 7.66. The molecule has 0 saturated heterocycles. The quantitative estimate of drug-likeness (QED) is 0.503. The van der Waals surface area contributed by atoms with Gasteiger partial charge in [-0.1, -0.05) is 42.5 Å². The first-order valence-electron chi connectivity index (χ1n) is 7.66. The van der Waals surface area contributed by atoms with Crippen molar-refractivity contribution < 1.29 is 0 Å². The molecule has 0 amide bonds. The third kappa shape index (κ3) is 2.59. The maximum absolute atomic E-state index is 4.41. The van der Waals surface area contributed by atoms with Crippen molar-refractivity contribution in [2.75, 3.05) is 0 Å². The lowest BCUT2D eigenvalue weighted by molar-refractivity contribution is 1.32. The first kappa shape index (κ1) is 13.6. The number of rotatable bonds is 2. The summed E-state index contributed by atoms with van der Waals surface area (Å²) in [6.45, 7) is 2.13. The van der Waals surface area contributed by atoms with Gasteiger partial charge in [-0.25, -0.2) is 0 Å². The number of benzene rings is 2. The molecule has 2 heteroatoms. The number of hydrogen-bond donors (Lipinski definition) is 0. The van der Waals surface area contributed by atoms with Crippen LogP contribution in [0.25, 0.3) is 33.0 Å². The number of hydrogen-bond acceptors (Lipinski definition) is 2. The molecule has 0 atom stereocenters. The minimum absolute atomic E-state index is 1.13. The van der Waals surface area contributed by atoms with Crippen molar-refractivity contribution in [3.05, 3.63) is 84.9 Å². The lowest BCUT2D eigenvalue weighted by Crippen LogP contribution is -1.87. The minimum atomic E-state index is 1.13. The summed E-state index contributed by atoms with van der Waals surface area (Å²) in [6.07, 6.45) is 7.57. The van der Waals surface area contributed by atoms with Crippen molar-refractivity contribution in [3.8, 4) is 22.3 Å². The third-order valence-electron chi connectivity index (χ3n) is 4.05. The molecule has 2 nitrogen and oxygen atoms in total. The number of aromatic nitrogens is 2. The van der Waals surface area contributed by atoms with Crippen LogP contribution in [-0.2, 0) is 0 Å². The Balaban J connectivity index is 1.94. The van der Waals surface area contributed by atoms with Crippen LogP contribution in [0.1, 0.15) is 5.56 Å². The molecule has 0 fully saturated rings. The summed E-state index contributed by atoms with van der Waals surface area (Å²) in [7, 11) is 0. The third-order valence-corrected chi connectivity index (χ3v) is 4.05. The molecule has 0 spiro atoms. The van der Waals surface area contributed by atoms with E-state index in [0.29, 0.717) is 0 Å². The molecule has 4 aromatic rings. The van der Waals surface area contributed by atoms with Gasteiger partial charge >= 0.3 is 0 Å². The average Bonchev–Trinajstić information content (AvgIpc) is 2.61. The van der Waals surface area contributed by atoms with Crippen LogP contribution in [0, 0.1) is 6.92 Å². The van der Waals surface area contributed by atoms with E-state index in [1.165, 1.54) is 22.1 Å². The molecule has 0 N–H and O–H groups in total. The van der Waals surface area contributed by atoms with Crippen LogP contribution >= 0.6 is 0 Å². The van der Waals surface area contributed by atoms with Gasteiger partial charge in [-0.05, 0) is 41.1 Å². The zero-order valence-electron chi connectivity index (χ0n) is 12.9. The minimum Gasteiger partial charge on any atom is -0.264 e. The maximum atomic E-state index is 4.41. The van der Waals surface area contributed by atoms with Crippen LogP contribution in [0.4, 0.5) is 0 Å². The normalized spacial score (nSPS) is 10.8. The van der Waals surface area contributed by atoms with Crippen molar-refractivity contribution in [3.63, 3.8) is 0 Å². The fraction of sp³-hybridized carbons (Fsp3) is 0.0476. The van der Waals surface area contributed by atoms with Gasteiger partial charge in [0.2, 0.25) is 0 Å². The zero-order valence-corrected chi connectivity index (χ0v) is 12.9. The Labute approximate surface area is 135 Å². The molecular weight excluding hydrogens is 280 g/mol. The molecule has 4 rings (SSSR count). The maximum Gasteiger partial charge on any atom is 0.0352 e. The fourth-order valence-corrected chi connectivity index (χ4v) is 2.99. The second kappa shape index (κ2) is 5.65. The highest BCUT2D eigenvalue weighted by Crippen LogP contribution is 2.31.